The third-order valence-electron chi connectivity index (χ3n) is 1.90. The van der Waals surface area contributed by atoms with Gasteiger partial charge in [-0.15, -0.1) is 0 Å². The summed E-state index contributed by atoms with van der Waals surface area (Å²) < 4.78 is 0. The van der Waals surface area contributed by atoms with Crippen LogP contribution in [0.15, 0.2) is 29.2 Å². The number of benzene rings is 1. The third-order valence-corrected chi connectivity index (χ3v) is 4.13. The lowest BCUT2D eigenvalue weighted by Gasteiger charge is -2.13. The molecule has 4 heteroatoms. The van der Waals surface area contributed by atoms with Crippen molar-refractivity contribution in [2.45, 2.75) is 4.90 Å². The minimum atomic E-state index is -0.128. The zero-order valence-electron chi connectivity index (χ0n) is 6.43. The van der Waals surface area contributed by atoms with E-state index in [9.17, 15) is 0 Å². The Morgan fingerprint density at radius 3 is 3.00 bits per heavy atom. The van der Waals surface area contributed by atoms with Crippen LogP contribution in [-0.4, -0.2) is 17.7 Å². The Morgan fingerprint density at radius 1 is 1.50 bits per heavy atom. The van der Waals surface area contributed by atoms with Crippen molar-refractivity contribution in [2.24, 2.45) is 0 Å². The average molecular weight is 199 g/mol. The van der Waals surface area contributed by atoms with Crippen molar-refractivity contribution < 1.29 is 5.11 Å². The lowest BCUT2D eigenvalue weighted by Crippen LogP contribution is -2.21. The maximum absolute atomic E-state index is 9.01. The molecule has 1 aromatic rings. The molecule has 0 aromatic heterocycles. The smallest absolute Gasteiger partial charge is 0.116 e. The summed E-state index contributed by atoms with van der Waals surface area (Å²) in [6.07, 6.45) is 0. The van der Waals surface area contributed by atoms with Crippen molar-refractivity contribution in [1.29, 1.82) is 0 Å². The van der Waals surface area contributed by atoms with Crippen LogP contribution in [-0.2, 0) is 20.6 Å². The number of para-hydroxylation sites is 1. The molecule has 2 nitrogen and oxygen atoms in total. The Bertz CT molecular complexity index is 327. The number of hydrogen-bond acceptors (Lipinski definition) is 3. The Hall–Kier alpha value is -0.450. The first-order valence-electron chi connectivity index (χ1n) is 3.66. The van der Waals surface area contributed by atoms with E-state index in [1.54, 1.807) is 0 Å². The van der Waals surface area contributed by atoms with Gasteiger partial charge in [-0.25, -0.2) is 0 Å². The molecule has 1 aliphatic heterocycles. The van der Waals surface area contributed by atoms with Crippen LogP contribution in [0.5, 0.6) is 0 Å². The second kappa shape index (κ2) is 3.12. The SMILES string of the molecule is OCN1CS(=S)c2ccccc21. The van der Waals surface area contributed by atoms with Gasteiger partial charge in [0.15, 0.2) is 0 Å². The van der Waals surface area contributed by atoms with Crippen LogP contribution in [0.1, 0.15) is 0 Å². The van der Waals surface area contributed by atoms with Gasteiger partial charge in [-0.2, -0.15) is 0 Å². The molecule has 1 atom stereocenters. The molecule has 0 spiro atoms. The van der Waals surface area contributed by atoms with Gasteiger partial charge in [0, 0.05) is 4.90 Å². The van der Waals surface area contributed by atoms with Crippen LogP contribution < -0.4 is 4.90 Å². The van der Waals surface area contributed by atoms with Gasteiger partial charge in [-0.1, -0.05) is 21.6 Å². The van der Waals surface area contributed by atoms with E-state index in [0.717, 1.165) is 11.6 Å². The van der Waals surface area contributed by atoms with E-state index in [1.807, 2.05) is 29.2 Å². The van der Waals surface area contributed by atoms with Crippen molar-refractivity contribution in [3.8, 4) is 0 Å². The van der Waals surface area contributed by atoms with Crippen LogP contribution in [0.2, 0.25) is 0 Å². The maximum Gasteiger partial charge on any atom is 0.116 e. The highest BCUT2D eigenvalue weighted by Gasteiger charge is 2.20. The third kappa shape index (κ3) is 1.16. The fourth-order valence-corrected chi connectivity index (χ4v) is 3.42. The summed E-state index contributed by atoms with van der Waals surface area (Å²) in [4.78, 5) is 3.10. The van der Waals surface area contributed by atoms with E-state index in [1.165, 1.54) is 4.90 Å². The maximum atomic E-state index is 9.01. The van der Waals surface area contributed by atoms with Gasteiger partial charge in [-0.05, 0) is 23.3 Å². The predicted octanol–water partition coefficient (Wildman–Crippen LogP) is 0.853. The standard InChI is InChI=1S/C8H9NOS2/c10-5-9-6-12(11)8-4-2-1-3-7(8)9/h1-4,10H,5-6H2. The van der Waals surface area contributed by atoms with Gasteiger partial charge in [-0.3, -0.25) is 0 Å². The molecule has 0 saturated carbocycles. The average Bonchev–Trinajstić information content (AvgIpc) is 2.44. The Labute approximate surface area is 78.4 Å². The normalized spacial score (nSPS) is 21.1. The number of aliphatic hydroxyl groups is 1. The Morgan fingerprint density at radius 2 is 2.25 bits per heavy atom. The molecule has 12 heavy (non-hydrogen) atoms. The van der Waals surface area contributed by atoms with Gasteiger partial charge in [0.25, 0.3) is 0 Å². The molecule has 1 heterocycles. The molecule has 0 radical (unpaired) electrons. The summed E-state index contributed by atoms with van der Waals surface area (Å²) in [6.45, 7) is 0.0666. The molecule has 2 rings (SSSR count). The monoisotopic (exact) mass is 199 g/mol. The van der Waals surface area contributed by atoms with Gasteiger partial charge in [0.05, 0.1) is 11.6 Å². The van der Waals surface area contributed by atoms with Crippen molar-refractivity contribution in [3.05, 3.63) is 24.3 Å². The first-order chi connectivity index (χ1) is 5.83. The van der Waals surface area contributed by atoms with E-state index >= 15 is 0 Å². The summed E-state index contributed by atoms with van der Waals surface area (Å²) in [6, 6.07) is 8.01. The van der Waals surface area contributed by atoms with E-state index in [-0.39, 0.29) is 16.2 Å². The summed E-state index contributed by atoms with van der Waals surface area (Å²) in [5.74, 6) is 0.783. The molecule has 0 amide bonds. The highest BCUT2D eigenvalue weighted by molar-refractivity contribution is 8.29. The second-order valence-corrected chi connectivity index (χ2v) is 5.22. The van der Waals surface area contributed by atoms with Gasteiger partial charge < -0.3 is 10.0 Å². The summed E-state index contributed by atoms with van der Waals surface area (Å²) in [5, 5.41) is 9.01. The largest absolute Gasteiger partial charge is 0.376 e. The number of rotatable bonds is 1. The molecule has 1 aromatic carbocycles. The molecule has 64 valence electrons. The lowest BCUT2D eigenvalue weighted by molar-refractivity contribution is 0.297. The number of anilines is 1. The quantitative estimate of drug-likeness (QED) is 0.725. The minimum Gasteiger partial charge on any atom is -0.376 e. The summed E-state index contributed by atoms with van der Waals surface area (Å²) >= 11 is 5.28. The summed E-state index contributed by atoms with van der Waals surface area (Å²) in [7, 11) is -0.128. The van der Waals surface area contributed by atoms with E-state index in [4.69, 9.17) is 16.3 Å². The Kier molecular flexibility index (Phi) is 2.12. The van der Waals surface area contributed by atoms with Gasteiger partial charge in [0.2, 0.25) is 0 Å². The topological polar surface area (TPSA) is 23.5 Å². The van der Waals surface area contributed by atoms with Gasteiger partial charge >= 0.3 is 0 Å². The molecule has 1 N–H and O–H groups in total. The van der Waals surface area contributed by atoms with Crippen molar-refractivity contribution in [1.82, 2.24) is 0 Å². The zero-order valence-corrected chi connectivity index (χ0v) is 8.07. The highest BCUT2D eigenvalue weighted by atomic mass is 32.8. The second-order valence-electron chi connectivity index (χ2n) is 2.62. The van der Waals surface area contributed by atoms with E-state index in [2.05, 4.69) is 0 Å². The zero-order chi connectivity index (χ0) is 8.55. The van der Waals surface area contributed by atoms with Crippen LogP contribution in [0, 0.1) is 0 Å². The van der Waals surface area contributed by atoms with Crippen LogP contribution in [0.25, 0.3) is 0 Å². The van der Waals surface area contributed by atoms with Crippen LogP contribution in [0.3, 0.4) is 0 Å². The van der Waals surface area contributed by atoms with Crippen molar-refractivity contribution in [2.75, 3.05) is 17.5 Å². The van der Waals surface area contributed by atoms with Crippen LogP contribution >= 0.6 is 0 Å². The highest BCUT2D eigenvalue weighted by Crippen LogP contribution is 2.30. The van der Waals surface area contributed by atoms with Gasteiger partial charge in [0.1, 0.15) is 6.73 Å². The van der Waals surface area contributed by atoms with Crippen molar-refractivity contribution >= 4 is 26.3 Å². The number of nitrogens with zero attached hydrogens (tertiary/aromatic N) is 1. The lowest BCUT2D eigenvalue weighted by atomic mass is 10.3. The van der Waals surface area contributed by atoms with Crippen LogP contribution in [0.4, 0.5) is 5.69 Å². The fraction of sp³-hybridized carbons (Fsp3) is 0.250. The number of hydrogen-bond donors (Lipinski definition) is 1. The fourth-order valence-electron chi connectivity index (χ4n) is 1.31. The molecule has 0 fully saturated rings. The number of fused-ring (bicyclic) bond motifs is 1. The summed E-state index contributed by atoms with van der Waals surface area (Å²) in [5.41, 5.74) is 1.10. The first kappa shape index (κ1) is 8.16. The van der Waals surface area contributed by atoms with E-state index < -0.39 is 0 Å². The first-order valence-corrected chi connectivity index (χ1v) is 5.98. The van der Waals surface area contributed by atoms with Crippen molar-refractivity contribution in [3.63, 3.8) is 0 Å². The molecule has 0 saturated heterocycles. The molecule has 0 bridgehead atoms. The molecular formula is C8H9NOS2. The molecule has 1 unspecified atom stereocenters. The number of aliphatic hydroxyl groups excluding tert-OH is 1. The minimum absolute atomic E-state index is 0.0666. The Balaban J connectivity index is 2.50. The van der Waals surface area contributed by atoms with E-state index in [0.29, 0.717) is 0 Å². The molecule has 1 aliphatic rings. The predicted molar refractivity (Wildman–Crippen MR) is 53.9 cm³/mol. The molecule has 0 aliphatic carbocycles. The molecular weight excluding hydrogens is 190 g/mol.